The number of anilines is 1. The van der Waals surface area contributed by atoms with Crippen LogP contribution < -0.4 is 9.64 Å². The van der Waals surface area contributed by atoms with Crippen LogP contribution in [0, 0.1) is 0 Å². The first-order valence-electron chi connectivity index (χ1n) is 6.45. The molecule has 2 aromatic carbocycles. The first kappa shape index (κ1) is 12.5. The van der Waals surface area contributed by atoms with Gasteiger partial charge in [-0.2, -0.15) is 0 Å². The van der Waals surface area contributed by atoms with Gasteiger partial charge in [0.1, 0.15) is 11.9 Å². The summed E-state index contributed by atoms with van der Waals surface area (Å²) in [6.07, 6.45) is -0.533. The van der Waals surface area contributed by atoms with Crippen LogP contribution in [0.4, 0.5) is 10.5 Å². The number of methoxy groups -OCH3 is 1. The molecule has 0 radical (unpaired) electrons. The Hall–Kier alpha value is -2.49. The van der Waals surface area contributed by atoms with E-state index in [0.29, 0.717) is 6.54 Å². The molecule has 0 aliphatic carbocycles. The maximum absolute atomic E-state index is 12.0. The van der Waals surface area contributed by atoms with Crippen molar-refractivity contribution in [3.63, 3.8) is 0 Å². The molecule has 1 amide bonds. The van der Waals surface area contributed by atoms with Crippen LogP contribution in [0.25, 0.3) is 0 Å². The Morgan fingerprint density at radius 1 is 1.10 bits per heavy atom. The molecule has 4 heteroatoms. The quantitative estimate of drug-likeness (QED) is 0.857. The van der Waals surface area contributed by atoms with E-state index < -0.39 is 0 Å². The van der Waals surface area contributed by atoms with Crippen LogP contribution in [0.5, 0.6) is 5.75 Å². The smallest absolute Gasteiger partial charge is 0.415 e. The van der Waals surface area contributed by atoms with Crippen molar-refractivity contribution in [3.8, 4) is 5.75 Å². The van der Waals surface area contributed by atoms with Crippen molar-refractivity contribution < 1.29 is 14.3 Å². The van der Waals surface area contributed by atoms with E-state index in [9.17, 15) is 4.79 Å². The highest BCUT2D eigenvalue weighted by atomic mass is 16.6. The molecule has 1 aliphatic rings. The third-order valence-electron chi connectivity index (χ3n) is 3.37. The van der Waals surface area contributed by atoms with E-state index in [2.05, 4.69) is 0 Å². The zero-order chi connectivity index (χ0) is 13.9. The summed E-state index contributed by atoms with van der Waals surface area (Å²) in [6, 6.07) is 17.1. The normalized spacial score (nSPS) is 17.9. The number of carbonyl (C=O) groups is 1. The predicted molar refractivity (Wildman–Crippen MR) is 76.0 cm³/mol. The second-order valence-corrected chi connectivity index (χ2v) is 4.59. The average molecular weight is 269 g/mol. The summed E-state index contributed by atoms with van der Waals surface area (Å²) >= 11 is 0. The molecular formula is C16H15NO3. The van der Waals surface area contributed by atoms with Gasteiger partial charge in [-0.25, -0.2) is 4.79 Å². The second kappa shape index (κ2) is 5.25. The molecule has 2 aromatic rings. The average Bonchev–Trinajstić information content (AvgIpc) is 2.90. The number of benzene rings is 2. The highest BCUT2D eigenvalue weighted by Crippen LogP contribution is 2.30. The number of hydrogen-bond acceptors (Lipinski definition) is 3. The maximum atomic E-state index is 12.0. The van der Waals surface area contributed by atoms with Gasteiger partial charge in [0, 0.05) is 5.69 Å². The van der Waals surface area contributed by atoms with E-state index in [1.807, 2.05) is 54.6 Å². The lowest BCUT2D eigenvalue weighted by Crippen LogP contribution is -2.23. The van der Waals surface area contributed by atoms with Crippen LogP contribution in [-0.2, 0) is 4.74 Å². The fraction of sp³-hybridized carbons (Fsp3) is 0.188. The van der Waals surface area contributed by atoms with Gasteiger partial charge >= 0.3 is 6.09 Å². The molecule has 0 unspecified atom stereocenters. The van der Waals surface area contributed by atoms with E-state index >= 15 is 0 Å². The minimum Gasteiger partial charge on any atom is -0.497 e. The first-order valence-corrected chi connectivity index (χ1v) is 6.45. The Bertz CT molecular complexity index is 595. The van der Waals surface area contributed by atoms with Crippen LogP contribution >= 0.6 is 0 Å². The van der Waals surface area contributed by atoms with E-state index in [0.717, 1.165) is 17.0 Å². The first-order chi connectivity index (χ1) is 9.78. The lowest BCUT2D eigenvalue weighted by molar-refractivity contribution is 0.142. The second-order valence-electron chi connectivity index (χ2n) is 4.59. The summed E-state index contributed by atoms with van der Waals surface area (Å²) in [5.41, 5.74) is 1.83. The SMILES string of the molecule is COc1ccc(N2C[C@@H](c3ccccc3)OC2=O)cc1. The van der Waals surface area contributed by atoms with Crippen molar-refractivity contribution in [1.82, 2.24) is 0 Å². The van der Waals surface area contributed by atoms with Crippen molar-refractivity contribution >= 4 is 11.8 Å². The molecule has 0 N–H and O–H groups in total. The Labute approximate surface area is 117 Å². The van der Waals surface area contributed by atoms with Gasteiger partial charge in [-0.05, 0) is 29.8 Å². The van der Waals surface area contributed by atoms with E-state index in [4.69, 9.17) is 9.47 Å². The molecule has 1 aliphatic heterocycles. The molecule has 0 bridgehead atoms. The summed E-state index contributed by atoms with van der Waals surface area (Å²) in [4.78, 5) is 13.6. The van der Waals surface area contributed by atoms with E-state index in [1.165, 1.54) is 0 Å². The minimum atomic E-state index is -0.316. The maximum Gasteiger partial charge on any atom is 0.415 e. The van der Waals surface area contributed by atoms with Crippen LogP contribution in [0.15, 0.2) is 54.6 Å². The Balaban J connectivity index is 1.80. The number of hydrogen-bond donors (Lipinski definition) is 0. The summed E-state index contributed by atoms with van der Waals surface area (Å²) in [5.74, 6) is 0.765. The zero-order valence-electron chi connectivity index (χ0n) is 11.2. The van der Waals surface area contributed by atoms with Crippen molar-refractivity contribution in [2.45, 2.75) is 6.10 Å². The Kier molecular flexibility index (Phi) is 3.29. The van der Waals surface area contributed by atoms with Gasteiger partial charge in [0.05, 0.1) is 13.7 Å². The number of ether oxygens (including phenoxy) is 2. The zero-order valence-corrected chi connectivity index (χ0v) is 11.2. The largest absolute Gasteiger partial charge is 0.497 e. The number of cyclic esters (lactones) is 1. The standard InChI is InChI=1S/C16H15NO3/c1-19-14-9-7-13(8-10-14)17-11-15(20-16(17)18)12-5-3-2-4-6-12/h2-10,15H,11H2,1H3/t15-/m0/s1. The Morgan fingerprint density at radius 2 is 1.80 bits per heavy atom. The van der Waals surface area contributed by atoms with Gasteiger partial charge in [-0.3, -0.25) is 4.90 Å². The van der Waals surface area contributed by atoms with Gasteiger partial charge in [-0.1, -0.05) is 30.3 Å². The molecule has 4 nitrogen and oxygen atoms in total. The van der Waals surface area contributed by atoms with Gasteiger partial charge in [0.2, 0.25) is 0 Å². The third kappa shape index (κ3) is 2.32. The molecule has 102 valence electrons. The van der Waals surface area contributed by atoms with Crippen LogP contribution in [0.3, 0.4) is 0 Å². The van der Waals surface area contributed by atoms with Crippen LogP contribution in [0.2, 0.25) is 0 Å². The summed E-state index contributed by atoms with van der Waals surface area (Å²) in [5, 5.41) is 0. The predicted octanol–water partition coefficient (Wildman–Crippen LogP) is 3.39. The van der Waals surface area contributed by atoms with Crippen molar-refractivity contribution in [2.24, 2.45) is 0 Å². The molecule has 1 fully saturated rings. The highest BCUT2D eigenvalue weighted by molar-refractivity contribution is 5.89. The van der Waals surface area contributed by atoms with Crippen molar-refractivity contribution in [1.29, 1.82) is 0 Å². The highest BCUT2D eigenvalue weighted by Gasteiger charge is 2.33. The molecule has 3 rings (SSSR count). The number of carbonyl (C=O) groups excluding carboxylic acids is 1. The van der Waals surface area contributed by atoms with Gasteiger partial charge < -0.3 is 9.47 Å². The lowest BCUT2D eigenvalue weighted by Gasteiger charge is -2.13. The number of amides is 1. The molecule has 1 heterocycles. The third-order valence-corrected chi connectivity index (χ3v) is 3.37. The van der Waals surface area contributed by atoms with Gasteiger partial charge in [0.25, 0.3) is 0 Å². The van der Waals surface area contributed by atoms with E-state index in [1.54, 1.807) is 12.0 Å². The van der Waals surface area contributed by atoms with Crippen molar-refractivity contribution in [3.05, 3.63) is 60.2 Å². The van der Waals surface area contributed by atoms with E-state index in [-0.39, 0.29) is 12.2 Å². The lowest BCUT2D eigenvalue weighted by atomic mass is 10.1. The molecule has 0 saturated carbocycles. The Morgan fingerprint density at radius 3 is 2.45 bits per heavy atom. The molecule has 0 aromatic heterocycles. The number of nitrogens with zero attached hydrogens (tertiary/aromatic N) is 1. The van der Waals surface area contributed by atoms with Gasteiger partial charge in [0.15, 0.2) is 0 Å². The fourth-order valence-electron chi connectivity index (χ4n) is 2.28. The summed E-state index contributed by atoms with van der Waals surface area (Å²) < 4.78 is 10.5. The van der Waals surface area contributed by atoms with Gasteiger partial charge in [-0.15, -0.1) is 0 Å². The molecule has 1 saturated heterocycles. The summed E-state index contributed by atoms with van der Waals surface area (Å²) in [6.45, 7) is 0.523. The summed E-state index contributed by atoms with van der Waals surface area (Å²) in [7, 11) is 1.62. The van der Waals surface area contributed by atoms with Crippen LogP contribution in [0.1, 0.15) is 11.7 Å². The minimum absolute atomic E-state index is 0.217. The molecule has 1 atom stereocenters. The van der Waals surface area contributed by atoms with Crippen LogP contribution in [-0.4, -0.2) is 19.7 Å². The molecule has 0 spiro atoms. The monoisotopic (exact) mass is 269 g/mol. The van der Waals surface area contributed by atoms with Crippen molar-refractivity contribution in [2.75, 3.05) is 18.6 Å². The number of rotatable bonds is 3. The fourth-order valence-corrected chi connectivity index (χ4v) is 2.28. The topological polar surface area (TPSA) is 38.8 Å². The molecule has 20 heavy (non-hydrogen) atoms. The molecular weight excluding hydrogens is 254 g/mol.